The van der Waals surface area contributed by atoms with E-state index in [1.807, 2.05) is 10.9 Å². The van der Waals surface area contributed by atoms with Gasteiger partial charge in [0, 0.05) is 25.0 Å². The smallest absolute Gasteiger partial charge is 0.0839 e. The maximum atomic E-state index is 5.68. The van der Waals surface area contributed by atoms with E-state index in [2.05, 4.69) is 17.2 Å². The van der Waals surface area contributed by atoms with Gasteiger partial charge in [0.15, 0.2) is 0 Å². The van der Waals surface area contributed by atoms with Gasteiger partial charge in [-0.3, -0.25) is 4.68 Å². The molecular formula is C16H30ClN3. The van der Waals surface area contributed by atoms with E-state index in [9.17, 15) is 0 Å². The monoisotopic (exact) mass is 299 g/mol. The average molecular weight is 300 g/mol. The minimum absolute atomic E-state index is 0.622. The largest absolute Gasteiger partial charge is 0.252 e. The summed E-state index contributed by atoms with van der Waals surface area (Å²) in [5.41, 5.74) is 1.01. The maximum Gasteiger partial charge on any atom is 0.0839 e. The van der Waals surface area contributed by atoms with Crippen molar-refractivity contribution < 1.29 is 0 Å². The molecule has 0 atom stereocenters. The van der Waals surface area contributed by atoms with Crippen LogP contribution in [-0.4, -0.2) is 20.9 Å². The van der Waals surface area contributed by atoms with E-state index in [-0.39, 0.29) is 0 Å². The number of aryl methyl sites for hydroxylation is 2. The lowest BCUT2D eigenvalue weighted by atomic mass is 10.1. The van der Waals surface area contributed by atoms with Gasteiger partial charge in [0.1, 0.15) is 0 Å². The summed E-state index contributed by atoms with van der Waals surface area (Å²) >= 11 is 5.68. The molecule has 0 amide bonds. The molecule has 1 aromatic heterocycles. The van der Waals surface area contributed by atoms with Crippen molar-refractivity contribution in [3.05, 3.63) is 11.9 Å². The summed E-state index contributed by atoms with van der Waals surface area (Å²) in [4.78, 5) is 0. The molecule has 0 saturated carbocycles. The summed E-state index contributed by atoms with van der Waals surface area (Å²) in [5, 5.41) is 8.22. The summed E-state index contributed by atoms with van der Waals surface area (Å²) in [6, 6.07) is 0. The van der Waals surface area contributed by atoms with E-state index in [4.69, 9.17) is 11.6 Å². The highest BCUT2D eigenvalue weighted by atomic mass is 35.5. The standard InChI is InChI=1S/C16H30ClN3/c1-2-3-4-5-6-7-8-9-10-11-14-20-15-16(12-13-17)18-19-20/h15H,2-14H2,1H3. The van der Waals surface area contributed by atoms with Gasteiger partial charge in [-0.05, 0) is 6.42 Å². The van der Waals surface area contributed by atoms with Crippen molar-refractivity contribution in [3.63, 3.8) is 0 Å². The summed E-state index contributed by atoms with van der Waals surface area (Å²) < 4.78 is 1.95. The number of aromatic nitrogens is 3. The lowest BCUT2D eigenvalue weighted by molar-refractivity contribution is 0.507. The molecule has 20 heavy (non-hydrogen) atoms. The highest BCUT2D eigenvalue weighted by Crippen LogP contribution is 2.10. The number of halogens is 1. The Labute approximate surface area is 129 Å². The molecule has 1 heterocycles. The first-order valence-electron chi connectivity index (χ1n) is 8.31. The highest BCUT2D eigenvalue weighted by molar-refractivity contribution is 6.17. The number of unbranched alkanes of at least 4 members (excludes halogenated alkanes) is 9. The lowest BCUT2D eigenvalue weighted by Gasteiger charge is -2.02. The molecule has 1 rings (SSSR count). The van der Waals surface area contributed by atoms with Crippen LogP contribution in [0.15, 0.2) is 6.20 Å². The summed E-state index contributed by atoms with van der Waals surface area (Å²) in [6.07, 6.45) is 16.5. The van der Waals surface area contributed by atoms with Crippen LogP contribution in [0.25, 0.3) is 0 Å². The quantitative estimate of drug-likeness (QED) is 0.380. The van der Waals surface area contributed by atoms with Gasteiger partial charge in [-0.2, -0.15) is 0 Å². The Balaban J connectivity index is 1.89. The van der Waals surface area contributed by atoms with Gasteiger partial charge in [0.25, 0.3) is 0 Å². The Morgan fingerprint density at radius 3 is 2.15 bits per heavy atom. The van der Waals surface area contributed by atoms with E-state index in [1.54, 1.807) is 0 Å². The second-order valence-corrected chi connectivity index (χ2v) is 5.97. The second-order valence-electron chi connectivity index (χ2n) is 5.59. The average Bonchev–Trinajstić information content (AvgIpc) is 2.89. The van der Waals surface area contributed by atoms with Gasteiger partial charge in [-0.1, -0.05) is 69.9 Å². The van der Waals surface area contributed by atoms with Crippen molar-refractivity contribution in [1.82, 2.24) is 15.0 Å². The highest BCUT2D eigenvalue weighted by Gasteiger charge is 1.99. The molecule has 0 N–H and O–H groups in total. The third-order valence-electron chi connectivity index (χ3n) is 3.68. The molecule has 0 aliphatic rings. The van der Waals surface area contributed by atoms with Gasteiger partial charge in [0.05, 0.1) is 5.69 Å². The van der Waals surface area contributed by atoms with Crippen molar-refractivity contribution in [2.24, 2.45) is 0 Å². The van der Waals surface area contributed by atoms with Crippen LogP contribution in [0, 0.1) is 0 Å². The van der Waals surface area contributed by atoms with Crippen molar-refractivity contribution in [3.8, 4) is 0 Å². The number of nitrogens with zero attached hydrogens (tertiary/aromatic N) is 3. The van der Waals surface area contributed by atoms with Crippen LogP contribution in [0.2, 0.25) is 0 Å². The zero-order valence-electron chi connectivity index (χ0n) is 13.0. The summed E-state index contributed by atoms with van der Waals surface area (Å²) in [5.74, 6) is 0.622. The van der Waals surface area contributed by atoms with Crippen molar-refractivity contribution >= 4 is 11.6 Å². The van der Waals surface area contributed by atoms with E-state index in [1.165, 1.54) is 64.2 Å². The molecule has 0 saturated heterocycles. The Morgan fingerprint density at radius 1 is 0.950 bits per heavy atom. The topological polar surface area (TPSA) is 30.7 Å². The SMILES string of the molecule is CCCCCCCCCCCCn1cc(CCCl)nn1. The van der Waals surface area contributed by atoms with E-state index < -0.39 is 0 Å². The molecule has 0 bridgehead atoms. The number of alkyl halides is 1. The molecular weight excluding hydrogens is 270 g/mol. The normalized spacial score (nSPS) is 11.1. The fourth-order valence-corrected chi connectivity index (χ4v) is 2.61. The zero-order valence-corrected chi connectivity index (χ0v) is 13.7. The Kier molecular flexibility index (Phi) is 10.7. The summed E-state index contributed by atoms with van der Waals surface area (Å²) in [6.45, 7) is 3.26. The van der Waals surface area contributed by atoms with Crippen LogP contribution < -0.4 is 0 Å². The first kappa shape index (κ1) is 17.5. The maximum absolute atomic E-state index is 5.68. The molecule has 116 valence electrons. The third kappa shape index (κ3) is 8.57. The molecule has 0 aromatic carbocycles. The van der Waals surface area contributed by atoms with Crippen LogP contribution in [0.1, 0.15) is 76.8 Å². The minimum atomic E-state index is 0.622. The molecule has 0 aliphatic heterocycles. The van der Waals surface area contributed by atoms with Gasteiger partial charge < -0.3 is 0 Å². The van der Waals surface area contributed by atoms with Crippen LogP contribution >= 0.6 is 11.6 Å². The van der Waals surface area contributed by atoms with Crippen LogP contribution in [0.5, 0.6) is 0 Å². The Bertz CT molecular complexity index is 325. The van der Waals surface area contributed by atoms with Crippen molar-refractivity contribution in [2.75, 3.05) is 5.88 Å². The first-order chi connectivity index (χ1) is 9.86. The predicted molar refractivity (Wildman–Crippen MR) is 86.3 cm³/mol. The van der Waals surface area contributed by atoms with Crippen molar-refractivity contribution in [2.45, 2.75) is 84.1 Å². The molecule has 3 nitrogen and oxygen atoms in total. The Hall–Kier alpha value is -0.570. The fraction of sp³-hybridized carbons (Fsp3) is 0.875. The molecule has 0 fully saturated rings. The van der Waals surface area contributed by atoms with E-state index in [0.717, 1.165) is 18.7 Å². The molecule has 0 aliphatic carbocycles. The van der Waals surface area contributed by atoms with Crippen LogP contribution in [-0.2, 0) is 13.0 Å². The number of hydrogen-bond donors (Lipinski definition) is 0. The van der Waals surface area contributed by atoms with Gasteiger partial charge in [0.2, 0.25) is 0 Å². The van der Waals surface area contributed by atoms with Crippen LogP contribution in [0.4, 0.5) is 0 Å². The third-order valence-corrected chi connectivity index (χ3v) is 3.87. The Morgan fingerprint density at radius 2 is 1.55 bits per heavy atom. The molecule has 0 unspecified atom stereocenters. The number of hydrogen-bond acceptors (Lipinski definition) is 2. The zero-order chi connectivity index (χ0) is 14.5. The van der Waals surface area contributed by atoms with Gasteiger partial charge in [-0.15, -0.1) is 16.7 Å². The molecule has 0 spiro atoms. The first-order valence-corrected chi connectivity index (χ1v) is 8.85. The predicted octanol–water partition coefficient (Wildman–Crippen LogP) is 4.98. The van der Waals surface area contributed by atoms with E-state index >= 15 is 0 Å². The summed E-state index contributed by atoms with van der Waals surface area (Å²) in [7, 11) is 0. The second kappa shape index (κ2) is 12.2. The molecule has 4 heteroatoms. The fourth-order valence-electron chi connectivity index (χ4n) is 2.42. The van der Waals surface area contributed by atoms with Gasteiger partial charge in [-0.25, -0.2) is 0 Å². The minimum Gasteiger partial charge on any atom is -0.252 e. The number of rotatable bonds is 13. The van der Waals surface area contributed by atoms with Crippen molar-refractivity contribution in [1.29, 1.82) is 0 Å². The van der Waals surface area contributed by atoms with E-state index in [0.29, 0.717) is 5.88 Å². The van der Waals surface area contributed by atoms with Crippen LogP contribution in [0.3, 0.4) is 0 Å². The molecule has 1 aromatic rings. The van der Waals surface area contributed by atoms with Gasteiger partial charge >= 0.3 is 0 Å². The lowest BCUT2D eigenvalue weighted by Crippen LogP contribution is -1.98. The molecule has 0 radical (unpaired) electrons.